The third-order valence-corrected chi connectivity index (χ3v) is 9.27. The largest absolute Gasteiger partial charge is 0.386 e. The highest BCUT2D eigenvalue weighted by atomic mass is 32.1. The van der Waals surface area contributed by atoms with Gasteiger partial charge in [-0.25, -0.2) is 4.98 Å². The van der Waals surface area contributed by atoms with Crippen molar-refractivity contribution >= 4 is 35.0 Å². The molecule has 2 N–H and O–H groups in total. The summed E-state index contributed by atoms with van der Waals surface area (Å²) in [6.45, 7) is 10.7. The quantitative estimate of drug-likeness (QED) is 0.172. The zero-order valence-corrected chi connectivity index (χ0v) is 28.1. The number of carbonyl (C=O) groups excluding carboxylic acids is 4. The second-order valence-corrected chi connectivity index (χ2v) is 13.1. The number of hydrogen-bond acceptors (Lipinski definition) is 8. The van der Waals surface area contributed by atoms with E-state index in [4.69, 9.17) is 4.74 Å². The Kier molecular flexibility index (Phi) is 13.9. The summed E-state index contributed by atoms with van der Waals surface area (Å²) < 4.78 is 6.36. The molecule has 5 atom stereocenters. The summed E-state index contributed by atoms with van der Waals surface area (Å²) in [4.78, 5) is 57.7. The fourth-order valence-corrected chi connectivity index (χ4v) is 6.05. The number of aliphatic hydroxyl groups excluding tert-OH is 1. The lowest BCUT2D eigenvalue weighted by Gasteiger charge is -2.34. The molecule has 0 spiro atoms. The summed E-state index contributed by atoms with van der Waals surface area (Å²) in [5, 5.41) is 15.9. The second-order valence-electron chi connectivity index (χ2n) is 12.2. The molecule has 11 heteroatoms. The van der Waals surface area contributed by atoms with Crippen molar-refractivity contribution in [3.63, 3.8) is 0 Å². The van der Waals surface area contributed by atoms with E-state index in [0.29, 0.717) is 49.4 Å². The van der Waals surface area contributed by atoms with E-state index in [-0.39, 0.29) is 41.3 Å². The van der Waals surface area contributed by atoms with E-state index in [0.717, 1.165) is 6.42 Å². The van der Waals surface area contributed by atoms with Crippen LogP contribution in [0.25, 0.3) is 0 Å². The van der Waals surface area contributed by atoms with Gasteiger partial charge in [0.2, 0.25) is 5.91 Å². The van der Waals surface area contributed by atoms with Crippen LogP contribution in [0.15, 0.2) is 47.9 Å². The maximum atomic E-state index is 13.1. The van der Waals surface area contributed by atoms with Gasteiger partial charge >= 0.3 is 0 Å². The second kappa shape index (κ2) is 17.3. The van der Waals surface area contributed by atoms with E-state index in [9.17, 15) is 24.3 Å². The lowest BCUT2D eigenvalue weighted by atomic mass is 9.95. The minimum Gasteiger partial charge on any atom is -0.386 e. The molecule has 4 amide bonds. The topological polar surface area (TPSA) is 129 Å². The molecule has 1 aliphatic heterocycles. The molecule has 246 valence electrons. The van der Waals surface area contributed by atoms with Gasteiger partial charge in [-0.15, -0.1) is 11.3 Å². The monoisotopic (exact) mass is 640 g/mol. The molecular weight excluding hydrogens is 592 g/mol. The van der Waals surface area contributed by atoms with E-state index in [2.05, 4.69) is 38.0 Å². The molecule has 1 unspecified atom stereocenters. The predicted molar refractivity (Wildman–Crippen MR) is 174 cm³/mol. The van der Waals surface area contributed by atoms with Crippen LogP contribution in [0.5, 0.6) is 0 Å². The van der Waals surface area contributed by atoms with Gasteiger partial charge in [-0.05, 0) is 37.2 Å². The van der Waals surface area contributed by atoms with Crippen LogP contribution in [0.1, 0.15) is 100.0 Å². The predicted octanol–water partition coefficient (Wildman–Crippen LogP) is 5.07. The van der Waals surface area contributed by atoms with Gasteiger partial charge in [0, 0.05) is 56.6 Å². The minimum absolute atomic E-state index is 0.0838. The summed E-state index contributed by atoms with van der Waals surface area (Å²) in [6, 6.07) is 8.49. The van der Waals surface area contributed by atoms with Crippen molar-refractivity contribution in [1.82, 2.24) is 20.1 Å². The summed E-state index contributed by atoms with van der Waals surface area (Å²) in [7, 11) is 1.84. The third kappa shape index (κ3) is 10.3. The summed E-state index contributed by atoms with van der Waals surface area (Å²) >= 11 is 1.32. The van der Waals surface area contributed by atoms with Gasteiger partial charge in [-0.2, -0.15) is 0 Å². The number of benzene rings is 1. The molecule has 45 heavy (non-hydrogen) atoms. The number of aliphatic hydroxyl groups is 1. The van der Waals surface area contributed by atoms with Gasteiger partial charge in [0.15, 0.2) is 0 Å². The van der Waals surface area contributed by atoms with Crippen LogP contribution in [0.2, 0.25) is 0 Å². The molecule has 3 rings (SSSR count). The Morgan fingerprint density at radius 3 is 2.36 bits per heavy atom. The Morgan fingerprint density at radius 1 is 1.07 bits per heavy atom. The van der Waals surface area contributed by atoms with Gasteiger partial charge in [0.25, 0.3) is 17.7 Å². The number of amides is 4. The maximum absolute atomic E-state index is 13.1. The number of hydrogen-bond donors (Lipinski definition) is 2. The Bertz CT molecular complexity index is 1290. The Morgan fingerprint density at radius 2 is 1.73 bits per heavy atom. The average molecular weight is 641 g/mol. The first-order valence-electron chi connectivity index (χ1n) is 15.8. The van der Waals surface area contributed by atoms with Crippen LogP contribution in [0, 0.1) is 11.8 Å². The fraction of sp³-hybridized carbons (Fsp3) is 0.559. The summed E-state index contributed by atoms with van der Waals surface area (Å²) in [6.07, 6.45) is 4.28. The zero-order valence-electron chi connectivity index (χ0n) is 27.3. The molecular formula is C34H48N4O6S. The third-order valence-electron chi connectivity index (χ3n) is 8.34. The summed E-state index contributed by atoms with van der Waals surface area (Å²) in [5.74, 6) is -0.489. The van der Waals surface area contributed by atoms with Crippen molar-refractivity contribution in [3.8, 4) is 0 Å². The van der Waals surface area contributed by atoms with Crippen LogP contribution in [0.4, 0.5) is 0 Å². The van der Waals surface area contributed by atoms with Gasteiger partial charge < -0.3 is 20.1 Å². The molecule has 10 nitrogen and oxygen atoms in total. The first-order chi connectivity index (χ1) is 21.4. The number of carbonyl (C=O) groups is 4. The SMILES string of the molecule is CC[C@H](C)CC(=O)N(C)[C@H](C[C@@H](OCCCCN1C(=O)C=CC1=O)c1nc(C(=O)N[C@H](C)C(O)c2ccccc2)cs1)C(C)C. The summed E-state index contributed by atoms with van der Waals surface area (Å²) in [5.41, 5.74) is 0.941. The van der Waals surface area contributed by atoms with Crippen LogP contribution in [-0.2, 0) is 19.1 Å². The Balaban J connectivity index is 1.71. The molecule has 2 heterocycles. The first-order valence-corrected chi connectivity index (χ1v) is 16.7. The van der Waals surface area contributed by atoms with Gasteiger partial charge in [0.05, 0.1) is 12.1 Å². The van der Waals surface area contributed by atoms with E-state index >= 15 is 0 Å². The highest BCUT2D eigenvalue weighted by Crippen LogP contribution is 2.31. The smallest absolute Gasteiger partial charge is 0.271 e. The molecule has 1 aliphatic rings. The number of nitrogens with zero attached hydrogens (tertiary/aromatic N) is 3. The first kappa shape index (κ1) is 36.1. The Hall–Kier alpha value is -3.41. The zero-order chi connectivity index (χ0) is 33.1. The van der Waals surface area contributed by atoms with Gasteiger partial charge in [0.1, 0.15) is 16.8 Å². The average Bonchev–Trinajstić information content (AvgIpc) is 3.64. The van der Waals surface area contributed by atoms with Gasteiger partial charge in [-0.3, -0.25) is 24.1 Å². The molecule has 0 fully saturated rings. The molecule has 0 saturated carbocycles. The number of thiazole rings is 1. The van der Waals surface area contributed by atoms with Crippen molar-refractivity contribution < 1.29 is 29.0 Å². The lowest BCUT2D eigenvalue weighted by molar-refractivity contribution is -0.137. The van der Waals surface area contributed by atoms with Crippen LogP contribution in [-0.4, -0.2) is 75.8 Å². The molecule has 1 aromatic heterocycles. The van der Waals surface area contributed by atoms with E-state index < -0.39 is 24.2 Å². The normalized spacial score (nSPS) is 16.5. The molecule has 0 aliphatic carbocycles. The molecule has 0 bridgehead atoms. The number of rotatable bonds is 18. The molecule has 1 aromatic carbocycles. The molecule has 0 saturated heterocycles. The van der Waals surface area contributed by atoms with Crippen molar-refractivity contribution in [3.05, 3.63) is 64.1 Å². The van der Waals surface area contributed by atoms with Crippen LogP contribution >= 0.6 is 11.3 Å². The number of aromatic nitrogens is 1. The van der Waals surface area contributed by atoms with Crippen molar-refractivity contribution in [2.45, 2.75) is 91.0 Å². The number of unbranched alkanes of at least 4 members (excludes halogenated alkanes) is 1. The minimum atomic E-state index is -0.874. The van der Waals surface area contributed by atoms with Crippen molar-refractivity contribution in [2.24, 2.45) is 11.8 Å². The standard InChI is InChI=1S/C34H48N4O6S/c1-7-23(4)19-31(41)37(6)27(22(2)3)20-28(44-18-12-11-17-38-29(39)15-16-30(38)40)34-36-26(21-45-34)33(43)35-24(5)32(42)25-13-9-8-10-14-25/h8-10,13-16,21-24,27-28,32,42H,7,11-12,17-20H2,1-6H3,(H,35,43)/t23-,24+,27+,28+,32?/m0/s1. The number of ether oxygens (including phenoxy) is 1. The van der Waals surface area contributed by atoms with Crippen molar-refractivity contribution in [2.75, 3.05) is 20.2 Å². The van der Waals surface area contributed by atoms with Crippen LogP contribution in [0.3, 0.4) is 0 Å². The molecule has 0 radical (unpaired) electrons. The number of nitrogens with one attached hydrogen (secondary N) is 1. The van der Waals surface area contributed by atoms with Crippen LogP contribution < -0.4 is 5.32 Å². The Labute approximate surface area is 270 Å². The van der Waals surface area contributed by atoms with Crippen molar-refractivity contribution in [1.29, 1.82) is 0 Å². The fourth-order valence-electron chi connectivity index (χ4n) is 5.20. The highest BCUT2D eigenvalue weighted by molar-refractivity contribution is 7.09. The maximum Gasteiger partial charge on any atom is 0.271 e. The van der Waals surface area contributed by atoms with Gasteiger partial charge in [-0.1, -0.05) is 64.4 Å². The highest BCUT2D eigenvalue weighted by Gasteiger charge is 2.30. The number of imide groups is 1. The van der Waals surface area contributed by atoms with E-state index in [1.54, 1.807) is 12.3 Å². The van der Waals surface area contributed by atoms with E-state index in [1.165, 1.54) is 28.4 Å². The van der Waals surface area contributed by atoms with E-state index in [1.807, 2.05) is 42.3 Å². The lowest BCUT2D eigenvalue weighted by Crippen LogP contribution is -2.42. The molecule has 2 aromatic rings.